The van der Waals surface area contributed by atoms with Gasteiger partial charge < -0.3 is 10.1 Å². The lowest BCUT2D eigenvalue weighted by Gasteiger charge is -2.08. The SMILES string of the molecule is O=C(O)c1ccc2c(=O)n(Cc3ccc(F)cc3Cl)c(=O)[nH]c2c1. The van der Waals surface area contributed by atoms with Crippen molar-refractivity contribution in [3.05, 3.63) is 79.2 Å². The number of hydrogen-bond donors (Lipinski definition) is 2. The normalized spacial score (nSPS) is 10.9. The van der Waals surface area contributed by atoms with Gasteiger partial charge in [-0.1, -0.05) is 17.7 Å². The summed E-state index contributed by atoms with van der Waals surface area (Å²) in [7, 11) is 0. The third-order valence-electron chi connectivity index (χ3n) is 3.57. The Balaban J connectivity index is 2.15. The molecule has 0 saturated carbocycles. The summed E-state index contributed by atoms with van der Waals surface area (Å²) in [6, 6.07) is 7.49. The smallest absolute Gasteiger partial charge is 0.335 e. The Labute approximate surface area is 138 Å². The van der Waals surface area contributed by atoms with Gasteiger partial charge in [-0.15, -0.1) is 0 Å². The van der Waals surface area contributed by atoms with Crippen molar-refractivity contribution in [3.8, 4) is 0 Å². The molecule has 0 radical (unpaired) electrons. The molecular weight excluding hydrogens is 339 g/mol. The molecule has 1 heterocycles. The van der Waals surface area contributed by atoms with Gasteiger partial charge in [0.25, 0.3) is 5.56 Å². The molecule has 1 aromatic heterocycles. The van der Waals surface area contributed by atoms with Gasteiger partial charge in [-0.3, -0.25) is 9.36 Å². The first-order chi connectivity index (χ1) is 11.4. The van der Waals surface area contributed by atoms with Crippen molar-refractivity contribution in [2.24, 2.45) is 0 Å². The number of benzene rings is 2. The molecule has 0 aliphatic carbocycles. The standard InChI is InChI=1S/C16H10ClFN2O4/c17-12-6-10(18)3-1-9(12)7-20-14(21)11-4-2-8(15(22)23)5-13(11)19-16(20)24/h1-6H,7H2,(H,19,24)(H,22,23). The second kappa shape index (κ2) is 5.93. The van der Waals surface area contributed by atoms with Crippen LogP contribution in [0.5, 0.6) is 0 Å². The van der Waals surface area contributed by atoms with Gasteiger partial charge >= 0.3 is 11.7 Å². The van der Waals surface area contributed by atoms with E-state index < -0.39 is 23.0 Å². The van der Waals surface area contributed by atoms with E-state index in [9.17, 15) is 18.8 Å². The molecule has 0 aliphatic heterocycles. The maximum absolute atomic E-state index is 13.1. The lowest BCUT2D eigenvalue weighted by atomic mass is 10.1. The van der Waals surface area contributed by atoms with E-state index >= 15 is 0 Å². The molecule has 3 aromatic rings. The highest BCUT2D eigenvalue weighted by atomic mass is 35.5. The van der Waals surface area contributed by atoms with Gasteiger partial charge in [-0.2, -0.15) is 0 Å². The van der Waals surface area contributed by atoms with Crippen LogP contribution >= 0.6 is 11.6 Å². The number of hydrogen-bond acceptors (Lipinski definition) is 3. The zero-order valence-corrected chi connectivity index (χ0v) is 12.8. The molecule has 3 rings (SSSR count). The minimum atomic E-state index is -1.17. The average molecular weight is 349 g/mol. The average Bonchev–Trinajstić information content (AvgIpc) is 2.52. The van der Waals surface area contributed by atoms with Gasteiger partial charge in [0.1, 0.15) is 5.82 Å². The highest BCUT2D eigenvalue weighted by molar-refractivity contribution is 6.31. The van der Waals surface area contributed by atoms with Crippen LogP contribution in [0.25, 0.3) is 10.9 Å². The summed E-state index contributed by atoms with van der Waals surface area (Å²) >= 11 is 5.93. The van der Waals surface area contributed by atoms with E-state index in [-0.39, 0.29) is 28.0 Å². The first kappa shape index (κ1) is 15.9. The molecule has 2 N–H and O–H groups in total. The largest absolute Gasteiger partial charge is 0.478 e. The van der Waals surface area contributed by atoms with E-state index in [1.165, 1.54) is 30.3 Å². The minimum Gasteiger partial charge on any atom is -0.478 e. The quantitative estimate of drug-likeness (QED) is 0.759. The number of H-pyrrole nitrogens is 1. The van der Waals surface area contributed by atoms with Gasteiger partial charge in [0.15, 0.2) is 0 Å². The number of carbonyl (C=O) groups is 1. The Bertz CT molecular complexity index is 1090. The zero-order chi connectivity index (χ0) is 17.4. The molecule has 0 saturated heterocycles. The summed E-state index contributed by atoms with van der Waals surface area (Å²) in [5.41, 5.74) is -0.808. The van der Waals surface area contributed by atoms with Gasteiger partial charge in [0.05, 0.1) is 23.0 Å². The molecule has 0 atom stereocenters. The van der Waals surface area contributed by atoms with Crippen molar-refractivity contribution in [2.45, 2.75) is 6.54 Å². The summed E-state index contributed by atoms with van der Waals surface area (Å²) < 4.78 is 14.0. The maximum Gasteiger partial charge on any atom is 0.335 e. The molecule has 122 valence electrons. The predicted molar refractivity (Wildman–Crippen MR) is 86.3 cm³/mol. The van der Waals surface area contributed by atoms with Gasteiger partial charge in [0, 0.05) is 5.02 Å². The molecular formula is C16H10ClFN2O4. The highest BCUT2D eigenvalue weighted by Gasteiger charge is 2.12. The number of rotatable bonds is 3. The summed E-state index contributed by atoms with van der Waals surface area (Å²) in [5.74, 6) is -1.69. The van der Waals surface area contributed by atoms with E-state index in [2.05, 4.69) is 4.98 Å². The van der Waals surface area contributed by atoms with Crippen molar-refractivity contribution >= 4 is 28.5 Å². The molecule has 0 bridgehead atoms. The summed E-state index contributed by atoms with van der Waals surface area (Å²) in [5, 5.41) is 9.23. The van der Waals surface area contributed by atoms with Crippen molar-refractivity contribution in [2.75, 3.05) is 0 Å². The van der Waals surface area contributed by atoms with Crippen LogP contribution in [-0.4, -0.2) is 20.6 Å². The Hall–Kier alpha value is -2.93. The number of fused-ring (bicyclic) bond motifs is 1. The Morgan fingerprint density at radius 1 is 1.21 bits per heavy atom. The van der Waals surface area contributed by atoms with E-state index in [0.717, 1.165) is 10.6 Å². The fourth-order valence-electron chi connectivity index (χ4n) is 2.35. The monoisotopic (exact) mass is 348 g/mol. The number of carboxylic acid groups (broad SMARTS) is 1. The van der Waals surface area contributed by atoms with Crippen molar-refractivity contribution < 1.29 is 14.3 Å². The van der Waals surface area contributed by atoms with Crippen LogP contribution in [-0.2, 0) is 6.54 Å². The van der Waals surface area contributed by atoms with Crippen LogP contribution < -0.4 is 11.2 Å². The third kappa shape index (κ3) is 2.81. The van der Waals surface area contributed by atoms with E-state index in [0.29, 0.717) is 5.56 Å². The van der Waals surface area contributed by atoms with Crippen LogP contribution in [0.1, 0.15) is 15.9 Å². The zero-order valence-electron chi connectivity index (χ0n) is 12.0. The minimum absolute atomic E-state index is 0.0446. The summed E-state index contributed by atoms with van der Waals surface area (Å²) in [4.78, 5) is 38.1. The molecule has 0 unspecified atom stereocenters. The van der Waals surface area contributed by atoms with E-state index in [4.69, 9.17) is 16.7 Å². The number of nitrogens with zero attached hydrogens (tertiary/aromatic N) is 1. The Kier molecular flexibility index (Phi) is 3.94. The number of aromatic amines is 1. The number of aromatic nitrogens is 2. The molecule has 0 amide bonds. The predicted octanol–water partition coefficient (Wildman–Crippen LogP) is 2.23. The van der Waals surface area contributed by atoms with Crippen LogP contribution in [0.15, 0.2) is 46.0 Å². The lowest BCUT2D eigenvalue weighted by Crippen LogP contribution is -2.35. The molecule has 0 spiro atoms. The number of halogens is 2. The molecule has 0 aliphatic rings. The van der Waals surface area contributed by atoms with Crippen molar-refractivity contribution in [1.82, 2.24) is 9.55 Å². The highest BCUT2D eigenvalue weighted by Crippen LogP contribution is 2.17. The molecule has 2 aromatic carbocycles. The van der Waals surface area contributed by atoms with Gasteiger partial charge in [0.2, 0.25) is 0 Å². The Morgan fingerprint density at radius 3 is 2.62 bits per heavy atom. The second-order valence-electron chi connectivity index (χ2n) is 5.12. The summed E-state index contributed by atoms with van der Waals surface area (Å²) in [6.45, 7) is -0.135. The first-order valence-electron chi connectivity index (χ1n) is 6.81. The summed E-state index contributed by atoms with van der Waals surface area (Å²) in [6.07, 6.45) is 0. The molecule has 8 heteroatoms. The van der Waals surface area contributed by atoms with Crippen LogP contribution in [0.4, 0.5) is 4.39 Å². The molecule has 6 nitrogen and oxygen atoms in total. The van der Waals surface area contributed by atoms with Gasteiger partial charge in [-0.25, -0.2) is 14.0 Å². The number of carboxylic acids is 1. The lowest BCUT2D eigenvalue weighted by molar-refractivity contribution is 0.0697. The number of aromatic carboxylic acids is 1. The molecule has 24 heavy (non-hydrogen) atoms. The fourth-order valence-corrected chi connectivity index (χ4v) is 2.58. The van der Waals surface area contributed by atoms with E-state index in [1.54, 1.807) is 0 Å². The molecule has 0 fully saturated rings. The Morgan fingerprint density at radius 2 is 1.96 bits per heavy atom. The van der Waals surface area contributed by atoms with Crippen molar-refractivity contribution in [1.29, 1.82) is 0 Å². The van der Waals surface area contributed by atoms with Crippen LogP contribution in [0, 0.1) is 5.82 Å². The van der Waals surface area contributed by atoms with Crippen LogP contribution in [0.3, 0.4) is 0 Å². The third-order valence-corrected chi connectivity index (χ3v) is 3.92. The number of nitrogens with one attached hydrogen (secondary N) is 1. The maximum atomic E-state index is 13.1. The second-order valence-corrected chi connectivity index (χ2v) is 5.53. The van der Waals surface area contributed by atoms with Crippen LogP contribution in [0.2, 0.25) is 5.02 Å². The topological polar surface area (TPSA) is 92.2 Å². The van der Waals surface area contributed by atoms with Gasteiger partial charge in [-0.05, 0) is 35.9 Å². The first-order valence-corrected chi connectivity index (χ1v) is 7.18. The van der Waals surface area contributed by atoms with E-state index in [1.807, 2.05) is 0 Å². The van der Waals surface area contributed by atoms with Crippen molar-refractivity contribution in [3.63, 3.8) is 0 Å². The fraction of sp³-hybridized carbons (Fsp3) is 0.0625.